The molecule has 3 rings (SSSR count). The van der Waals surface area contributed by atoms with Gasteiger partial charge in [0.05, 0.1) is 11.6 Å². The highest BCUT2D eigenvalue weighted by Crippen LogP contribution is 3.02. The van der Waals surface area contributed by atoms with Crippen molar-refractivity contribution in [1.29, 1.82) is 0 Å². The Kier molecular flexibility index (Phi) is 5.32. The molecule has 1 aromatic heterocycles. The van der Waals surface area contributed by atoms with Gasteiger partial charge in [0.15, 0.2) is 0 Å². The van der Waals surface area contributed by atoms with Gasteiger partial charge in [0.2, 0.25) is 0 Å². The third kappa shape index (κ3) is 5.38. The summed E-state index contributed by atoms with van der Waals surface area (Å²) in [6.07, 6.45) is 0. The standard InChI is InChI=1S/C19H20BrF5N3OPS/c1-11(13-6-5-7-14(8-13)31(21,22,23,24)25)26-19-15-9-18(30(3,4)29)16(20)10-17(15)27-12(2)28-19/h5-11H,1-4H3,(H,26,27,28)/t11-/m1/s1. The van der Waals surface area contributed by atoms with Crippen molar-refractivity contribution in [3.63, 3.8) is 0 Å². The van der Waals surface area contributed by atoms with E-state index in [0.29, 0.717) is 44.5 Å². The Bertz CT molecular complexity index is 1250. The van der Waals surface area contributed by atoms with Crippen molar-refractivity contribution >= 4 is 55.3 Å². The topological polar surface area (TPSA) is 54.9 Å². The van der Waals surface area contributed by atoms with E-state index in [1.54, 1.807) is 32.4 Å². The highest BCUT2D eigenvalue weighted by atomic mass is 79.9. The van der Waals surface area contributed by atoms with Crippen molar-refractivity contribution in [2.24, 2.45) is 0 Å². The molecule has 0 aliphatic heterocycles. The highest BCUT2D eigenvalue weighted by Gasteiger charge is 2.65. The second-order valence-corrected chi connectivity index (χ2v) is 14.1. The van der Waals surface area contributed by atoms with Gasteiger partial charge in [-0.05, 0) is 72.9 Å². The number of aromatic nitrogens is 2. The lowest BCUT2D eigenvalue weighted by Gasteiger charge is -2.40. The molecule has 0 radical (unpaired) electrons. The molecule has 1 heterocycles. The molecule has 2 aromatic carbocycles. The number of hydrogen-bond donors (Lipinski definition) is 1. The van der Waals surface area contributed by atoms with Crippen LogP contribution in [0.2, 0.25) is 0 Å². The van der Waals surface area contributed by atoms with Crippen LogP contribution >= 0.6 is 33.3 Å². The van der Waals surface area contributed by atoms with Crippen LogP contribution < -0.4 is 10.6 Å². The van der Waals surface area contributed by atoms with E-state index in [9.17, 15) is 24.0 Å². The summed E-state index contributed by atoms with van der Waals surface area (Å²) in [5, 5.41) is 4.07. The first-order chi connectivity index (χ1) is 13.8. The number of aryl methyl sites for hydroxylation is 1. The second kappa shape index (κ2) is 6.89. The van der Waals surface area contributed by atoms with Crippen LogP contribution in [-0.4, -0.2) is 23.3 Å². The first-order valence-corrected chi connectivity index (χ1v) is 14.3. The van der Waals surface area contributed by atoms with E-state index in [4.69, 9.17) is 0 Å². The van der Waals surface area contributed by atoms with Crippen molar-refractivity contribution in [3.05, 3.63) is 52.3 Å². The molecule has 170 valence electrons. The van der Waals surface area contributed by atoms with Crippen LogP contribution in [0.4, 0.5) is 25.2 Å². The lowest BCUT2D eigenvalue weighted by atomic mass is 10.1. The largest absolute Gasteiger partial charge is 0.363 e. The van der Waals surface area contributed by atoms with Crippen LogP contribution in [0.5, 0.6) is 0 Å². The van der Waals surface area contributed by atoms with Crippen LogP contribution in [-0.2, 0) is 4.57 Å². The fraction of sp³-hybridized carbons (Fsp3) is 0.263. The van der Waals surface area contributed by atoms with Gasteiger partial charge in [-0.1, -0.05) is 31.6 Å². The van der Waals surface area contributed by atoms with Crippen molar-refractivity contribution in [3.8, 4) is 0 Å². The number of rotatable bonds is 5. The molecule has 1 N–H and O–H groups in total. The van der Waals surface area contributed by atoms with Crippen LogP contribution in [0.15, 0.2) is 45.8 Å². The molecule has 4 nitrogen and oxygen atoms in total. The number of hydrogen-bond acceptors (Lipinski definition) is 4. The summed E-state index contributed by atoms with van der Waals surface area (Å²) in [7, 11) is -12.5. The van der Waals surface area contributed by atoms with Crippen LogP contribution in [0.3, 0.4) is 0 Å². The van der Waals surface area contributed by atoms with E-state index in [1.807, 2.05) is 0 Å². The average Bonchev–Trinajstić information content (AvgIpc) is 2.58. The molecule has 0 spiro atoms. The Labute approximate surface area is 184 Å². The van der Waals surface area contributed by atoms with E-state index in [0.717, 1.165) is 6.07 Å². The summed E-state index contributed by atoms with van der Waals surface area (Å²) in [5.41, 5.74) is 0.552. The average molecular weight is 544 g/mol. The minimum Gasteiger partial charge on any atom is -0.363 e. The first kappa shape index (κ1) is 23.9. The van der Waals surface area contributed by atoms with Gasteiger partial charge in [-0.3, -0.25) is 0 Å². The maximum atomic E-state index is 13.2. The molecule has 3 aromatic rings. The molecule has 0 aliphatic rings. The number of benzene rings is 2. The molecule has 0 fully saturated rings. The molecular formula is C19H20BrF5N3OPS. The molecule has 0 unspecified atom stereocenters. The zero-order valence-electron chi connectivity index (χ0n) is 17.0. The van der Waals surface area contributed by atoms with Crippen LogP contribution in [0.1, 0.15) is 24.4 Å². The summed E-state index contributed by atoms with van der Waals surface area (Å²) in [4.78, 5) is 6.73. The number of nitrogens with one attached hydrogen (secondary N) is 1. The number of anilines is 1. The lowest BCUT2D eigenvalue weighted by molar-refractivity contribution is 0.364. The van der Waals surface area contributed by atoms with Gasteiger partial charge < -0.3 is 9.88 Å². The first-order valence-electron chi connectivity index (χ1n) is 8.99. The molecule has 0 amide bonds. The predicted octanol–water partition coefficient (Wildman–Crippen LogP) is 7.78. The third-order valence-corrected chi connectivity index (χ3v) is 8.25. The molecule has 1 atom stereocenters. The number of nitrogens with zero attached hydrogens (tertiary/aromatic N) is 2. The molecule has 0 bridgehead atoms. The Morgan fingerprint density at radius 2 is 1.71 bits per heavy atom. The van der Waals surface area contributed by atoms with Crippen molar-refractivity contribution in [1.82, 2.24) is 9.97 Å². The number of halogens is 6. The Morgan fingerprint density at radius 1 is 1.06 bits per heavy atom. The molecule has 31 heavy (non-hydrogen) atoms. The fourth-order valence-electron chi connectivity index (χ4n) is 3.09. The van der Waals surface area contributed by atoms with Crippen molar-refractivity contribution < 1.29 is 24.0 Å². The third-order valence-electron chi connectivity index (χ3n) is 4.61. The predicted molar refractivity (Wildman–Crippen MR) is 121 cm³/mol. The molecule has 0 saturated heterocycles. The molecular weight excluding hydrogens is 524 g/mol. The van der Waals surface area contributed by atoms with Gasteiger partial charge in [0.25, 0.3) is 0 Å². The van der Waals surface area contributed by atoms with Gasteiger partial charge in [0.1, 0.15) is 23.7 Å². The van der Waals surface area contributed by atoms with Gasteiger partial charge in [-0.2, -0.15) is 0 Å². The second-order valence-electron chi connectivity index (χ2n) is 7.70. The summed E-state index contributed by atoms with van der Waals surface area (Å²) in [5.74, 6) is 0.703. The minimum atomic E-state index is -9.80. The summed E-state index contributed by atoms with van der Waals surface area (Å²) < 4.78 is 79.3. The molecule has 12 heteroatoms. The minimum absolute atomic E-state index is 0.0177. The van der Waals surface area contributed by atoms with E-state index in [2.05, 4.69) is 31.2 Å². The highest BCUT2D eigenvalue weighted by molar-refractivity contribution is 9.10. The zero-order valence-corrected chi connectivity index (χ0v) is 20.3. The van der Waals surface area contributed by atoms with Crippen molar-refractivity contribution in [2.45, 2.75) is 24.8 Å². The van der Waals surface area contributed by atoms with Crippen LogP contribution in [0.25, 0.3) is 10.9 Å². The maximum absolute atomic E-state index is 13.2. The Balaban J connectivity index is 2.09. The van der Waals surface area contributed by atoms with Crippen LogP contribution in [0, 0.1) is 6.92 Å². The summed E-state index contributed by atoms with van der Waals surface area (Å²) >= 11 is 3.40. The maximum Gasteiger partial charge on any atom is 0.310 e. The molecule has 0 saturated carbocycles. The SMILES string of the molecule is Cc1nc(N[C@H](C)c2cccc(S(F)(F)(F)(F)F)c2)c2cc(P(C)(C)=O)c(Br)cc2n1. The van der Waals surface area contributed by atoms with Gasteiger partial charge in [-0.25, -0.2) is 9.97 Å². The Hall–Kier alpha value is -1.71. The van der Waals surface area contributed by atoms with Gasteiger partial charge in [0, 0.05) is 15.2 Å². The quantitative estimate of drug-likeness (QED) is 0.263. The van der Waals surface area contributed by atoms with Gasteiger partial charge >= 0.3 is 10.2 Å². The fourth-order valence-corrected chi connectivity index (χ4v) is 6.42. The van der Waals surface area contributed by atoms with E-state index in [-0.39, 0.29) is 5.56 Å². The number of fused-ring (bicyclic) bond motifs is 1. The summed E-state index contributed by atoms with van der Waals surface area (Å²) in [6.45, 7) is 6.40. The Morgan fingerprint density at radius 3 is 2.29 bits per heavy atom. The zero-order chi connectivity index (χ0) is 23.5. The smallest absolute Gasteiger partial charge is 0.310 e. The summed E-state index contributed by atoms with van der Waals surface area (Å²) in [6, 6.07) is 5.68. The van der Waals surface area contributed by atoms with Gasteiger partial charge in [-0.15, -0.1) is 0 Å². The van der Waals surface area contributed by atoms with Crippen molar-refractivity contribution in [2.75, 3.05) is 18.6 Å². The monoisotopic (exact) mass is 543 g/mol. The normalized spacial score (nSPS) is 15.9. The van der Waals surface area contributed by atoms with E-state index >= 15 is 0 Å². The van der Waals surface area contributed by atoms with E-state index in [1.165, 1.54) is 13.0 Å². The van der Waals surface area contributed by atoms with E-state index < -0.39 is 28.3 Å². The molecule has 0 aliphatic carbocycles. The lowest BCUT2D eigenvalue weighted by Crippen LogP contribution is -2.13.